The highest BCUT2D eigenvalue weighted by Gasteiger charge is 2.19. The van der Waals surface area contributed by atoms with E-state index in [1.54, 1.807) is 0 Å². The van der Waals surface area contributed by atoms with Crippen LogP contribution in [0, 0.1) is 0 Å². The number of benzene rings is 2. The molecule has 0 nitrogen and oxygen atoms in total. The third-order valence-corrected chi connectivity index (χ3v) is 5.60. The molecule has 0 N–H and O–H groups in total. The van der Waals surface area contributed by atoms with Gasteiger partial charge in [-0.2, -0.15) is 0 Å². The lowest BCUT2D eigenvalue weighted by Gasteiger charge is -2.21. The summed E-state index contributed by atoms with van der Waals surface area (Å²) in [5.41, 5.74) is 4.33. The summed E-state index contributed by atoms with van der Waals surface area (Å²) < 4.78 is 0. The second kappa shape index (κ2) is 4.55. The molecular weight excluding hydrogens is 268 g/mol. The van der Waals surface area contributed by atoms with Gasteiger partial charge < -0.3 is 0 Å². The molecule has 0 radical (unpaired) electrons. The van der Waals surface area contributed by atoms with Crippen LogP contribution in [0.5, 0.6) is 0 Å². The minimum Gasteiger partial charge on any atom is -0.144 e. The van der Waals surface area contributed by atoms with E-state index in [0.717, 1.165) is 6.42 Å². The van der Waals surface area contributed by atoms with Crippen molar-refractivity contribution in [3.63, 3.8) is 0 Å². The van der Waals surface area contributed by atoms with Crippen LogP contribution in [0.3, 0.4) is 0 Å². The molecule has 2 aromatic carbocycles. The SMILES string of the molecule is c1csc(-c2cccc3c2Cc2ccccc2S3)c1. The zero-order valence-electron chi connectivity index (χ0n) is 10.3. The first-order chi connectivity index (χ1) is 9.42. The average molecular weight is 280 g/mol. The third-order valence-electron chi connectivity index (χ3n) is 3.48. The molecule has 0 spiro atoms. The van der Waals surface area contributed by atoms with E-state index < -0.39 is 0 Å². The summed E-state index contributed by atoms with van der Waals surface area (Å²) in [5, 5.41) is 2.15. The van der Waals surface area contributed by atoms with Gasteiger partial charge in [0.15, 0.2) is 0 Å². The fourth-order valence-electron chi connectivity index (χ4n) is 2.56. The van der Waals surface area contributed by atoms with Gasteiger partial charge in [-0.3, -0.25) is 0 Å². The van der Waals surface area contributed by atoms with Crippen LogP contribution < -0.4 is 0 Å². The Balaban J connectivity index is 1.88. The van der Waals surface area contributed by atoms with Crippen molar-refractivity contribution in [2.24, 2.45) is 0 Å². The fraction of sp³-hybridized carbons (Fsp3) is 0.0588. The van der Waals surface area contributed by atoms with Gasteiger partial charge in [-0.1, -0.05) is 48.2 Å². The first kappa shape index (κ1) is 11.3. The van der Waals surface area contributed by atoms with E-state index in [4.69, 9.17) is 0 Å². The number of hydrogen-bond donors (Lipinski definition) is 0. The third kappa shape index (κ3) is 1.92. The van der Waals surface area contributed by atoms with Gasteiger partial charge in [-0.05, 0) is 40.3 Å². The molecule has 1 aliphatic heterocycles. The summed E-state index contributed by atoms with van der Waals surface area (Å²) in [4.78, 5) is 4.18. The lowest BCUT2D eigenvalue weighted by atomic mass is 9.98. The van der Waals surface area contributed by atoms with E-state index in [9.17, 15) is 0 Å². The Morgan fingerprint density at radius 2 is 1.68 bits per heavy atom. The molecule has 3 aromatic rings. The van der Waals surface area contributed by atoms with Gasteiger partial charge in [0, 0.05) is 21.1 Å². The van der Waals surface area contributed by atoms with E-state index in [0.29, 0.717) is 0 Å². The van der Waals surface area contributed by atoms with Crippen LogP contribution >= 0.6 is 23.1 Å². The Kier molecular flexibility index (Phi) is 2.71. The van der Waals surface area contributed by atoms with E-state index in [1.807, 2.05) is 23.1 Å². The summed E-state index contributed by atoms with van der Waals surface area (Å²) in [7, 11) is 0. The van der Waals surface area contributed by atoms with Crippen molar-refractivity contribution < 1.29 is 0 Å². The summed E-state index contributed by atoms with van der Waals surface area (Å²) in [5.74, 6) is 0. The smallest absolute Gasteiger partial charge is 0.0345 e. The van der Waals surface area contributed by atoms with Crippen LogP contribution in [0.2, 0.25) is 0 Å². The molecule has 0 saturated carbocycles. The fourth-order valence-corrected chi connectivity index (χ4v) is 4.45. The Hall–Kier alpha value is -1.51. The van der Waals surface area contributed by atoms with Crippen LogP contribution in [-0.4, -0.2) is 0 Å². The molecule has 19 heavy (non-hydrogen) atoms. The minimum atomic E-state index is 1.05. The highest BCUT2D eigenvalue weighted by atomic mass is 32.2. The van der Waals surface area contributed by atoms with Crippen molar-refractivity contribution in [2.75, 3.05) is 0 Å². The summed E-state index contributed by atoms with van der Waals surface area (Å²) >= 11 is 3.72. The molecule has 0 fully saturated rings. The van der Waals surface area contributed by atoms with Crippen molar-refractivity contribution in [3.8, 4) is 10.4 Å². The quantitative estimate of drug-likeness (QED) is 0.445. The minimum absolute atomic E-state index is 1.05. The van der Waals surface area contributed by atoms with Gasteiger partial charge in [-0.15, -0.1) is 11.3 Å². The first-order valence-corrected chi connectivity index (χ1v) is 8.03. The lowest BCUT2D eigenvalue weighted by Crippen LogP contribution is -2.01. The molecule has 0 aliphatic carbocycles. The van der Waals surface area contributed by atoms with E-state index in [2.05, 4.69) is 60.0 Å². The summed E-state index contributed by atoms with van der Waals surface area (Å²) in [6.07, 6.45) is 1.05. The zero-order chi connectivity index (χ0) is 12.7. The highest BCUT2D eigenvalue weighted by molar-refractivity contribution is 7.99. The summed E-state index contributed by atoms with van der Waals surface area (Å²) in [6.45, 7) is 0. The van der Waals surface area contributed by atoms with Gasteiger partial charge in [0.05, 0.1) is 0 Å². The van der Waals surface area contributed by atoms with Crippen LogP contribution in [0.25, 0.3) is 10.4 Å². The molecule has 2 heteroatoms. The van der Waals surface area contributed by atoms with Gasteiger partial charge >= 0.3 is 0 Å². The van der Waals surface area contributed by atoms with Crippen molar-refractivity contribution in [3.05, 3.63) is 71.1 Å². The molecule has 4 rings (SSSR count). The Labute approximate surface area is 121 Å². The van der Waals surface area contributed by atoms with Crippen molar-refractivity contribution in [1.29, 1.82) is 0 Å². The lowest BCUT2D eigenvalue weighted by molar-refractivity contribution is 1.06. The Morgan fingerprint density at radius 1 is 0.789 bits per heavy atom. The molecule has 0 amide bonds. The van der Waals surface area contributed by atoms with Crippen LogP contribution in [-0.2, 0) is 6.42 Å². The maximum atomic E-state index is 2.25. The molecule has 1 aromatic heterocycles. The Morgan fingerprint density at radius 3 is 2.58 bits per heavy atom. The number of fused-ring (bicyclic) bond motifs is 2. The van der Waals surface area contributed by atoms with Crippen LogP contribution in [0.15, 0.2) is 69.8 Å². The molecule has 0 saturated heterocycles. The standard InChI is InChI=1S/C17H12S2/c1-2-7-15-12(5-1)11-14-13(16-9-4-10-18-16)6-3-8-17(14)19-15/h1-10H,11H2. The summed E-state index contributed by atoms with van der Waals surface area (Å²) in [6, 6.07) is 19.7. The zero-order valence-corrected chi connectivity index (χ0v) is 11.9. The molecule has 1 aliphatic rings. The monoisotopic (exact) mass is 280 g/mol. The van der Waals surface area contributed by atoms with Crippen molar-refractivity contribution in [2.45, 2.75) is 16.2 Å². The average Bonchev–Trinajstić information content (AvgIpc) is 2.98. The van der Waals surface area contributed by atoms with Crippen LogP contribution in [0.4, 0.5) is 0 Å². The number of hydrogen-bond acceptors (Lipinski definition) is 2. The molecular formula is C17H12S2. The normalized spacial score (nSPS) is 12.8. The number of thiophene rings is 1. The van der Waals surface area contributed by atoms with Gasteiger partial charge in [0.1, 0.15) is 0 Å². The second-order valence-electron chi connectivity index (χ2n) is 4.65. The van der Waals surface area contributed by atoms with Gasteiger partial charge in [0.2, 0.25) is 0 Å². The van der Waals surface area contributed by atoms with Gasteiger partial charge in [0.25, 0.3) is 0 Å². The van der Waals surface area contributed by atoms with E-state index in [-0.39, 0.29) is 0 Å². The maximum absolute atomic E-state index is 2.25. The van der Waals surface area contributed by atoms with Crippen LogP contribution in [0.1, 0.15) is 11.1 Å². The predicted octanol–water partition coefficient (Wildman–Crippen LogP) is 5.47. The van der Waals surface area contributed by atoms with E-state index >= 15 is 0 Å². The number of rotatable bonds is 1. The molecule has 0 bridgehead atoms. The first-order valence-electron chi connectivity index (χ1n) is 6.33. The molecule has 92 valence electrons. The van der Waals surface area contributed by atoms with E-state index in [1.165, 1.54) is 31.4 Å². The van der Waals surface area contributed by atoms with Gasteiger partial charge in [-0.25, -0.2) is 0 Å². The largest absolute Gasteiger partial charge is 0.144 e. The molecule has 0 unspecified atom stereocenters. The second-order valence-corrected chi connectivity index (χ2v) is 6.68. The topological polar surface area (TPSA) is 0 Å². The molecule has 0 atom stereocenters. The predicted molar refractivity (Wildman–Crippen MR) is 83.1 cm³/mol. The Bertz CT molecular complexity index is 727. The molecule has 2 heterocycles. The van der Waals surface area contributed by atoms with Crippen molar-refractivity contribution >= 4 is 23.1 Å². The highest BCUT2D eigenvalue weighted by Crippen LogP contribution is 2.43. The maximum Gasteiger partial charge on any atom is 0.0345 e. The van der Waals surface area contributed by atoms with Crippen molar-refractivity contribution in [1.82, 2.24) is 0 Å².